The van der Waals surface area contributed by atoms with Gasteiger partial charge in [-0.25, -0.2) is 14.1 Å². The zero-order chi connectivity index (χ0) is 22.5. The molecular weight excluding hydrogens is 413 g/mol. The number of fused-ring (bicyclic) bond motifs is 1. The van der Waals surface area contributed by atoms with Gasteiger partial charge in [0.25, 0.3) is 11.5 Å². The van der Waals surface area contributed by atoms with Crippen molar-refractivity contribution in [2.24, 2.45) is 0 Å². The number of nitrogens with zero attached hydrogens (tertiary/aromatic N) is 4. The topological polar surface area (TPSA) is 91.0 Å². The van der Waals surface area contributed by atoms with Gasteiger partial charge in [-0.3, -0.25) is 14.2 Å². The number of aromatic nitrogens is 4. The van der Waals surface area contributed by atoms with Crippen LogP contribution in [0.25, 0.3) is 11.0 Å². The van der Waals surface area contributed by atoms with Crippen molar-refractivity contribution in [1.82, 2.24) is 24.6 Å². The zero-order valence-corrected chi connectivity index (χ0v) is 17.4. The Bertz CT molecular complexity index is 1290. The number of para-hydroxylation sites is 1. The highest BCUT2D eigenvalue weighted by molar-refractivity contribution is 5.80. The predicted octanol–water partition coefficient (Wildman–Crippen LogP) is 2.36. The lowest BCUT2D eigenvalue weighted by Gasteiger charge is -2.14. The molecule has 2 heterocycles. The van der Waals surface area contributed by atoms with Crippen LogP contribution in [0.2, 0.25) is 0 Å². The van der Waals surface area contributed by atoms with Gasteiger partial charge in [-0.2, -0.15) is 5.10 Å². The van der Waals surface area contributed by atoms with Crippen LogP contribution in [0.1, 0.15) is 12.5 Å². The molecule has 0 radical (unpaired) electrons. The van der Waals surface area contributed by atoms with E-state index in [9.17, 15) is 14.0 Å². The highest BCUT2D eigenvalue weighted by atomic mass is 19.1. The number of hydrogen-bond donors (Lipinski definition) is 1. The fourth-order valence-corrected chi connectivity index (χ4v) is 3.29. The molecule has 4 aromatic rings. The molecule has 1 atom stereocenters. The standard InChI is InChI=1S/C23H22FN5O3/c1-16(32-19-8-3-2-4-9-19)22(30)25-10-11-29-21-20(13-27-29)23(31)28(15-26-21)14-17-6-5-7-18(24)12-17/h2-9,12-13,15-16H,10-11,14H2,1H3,(H,25,30). The van der Waals surface area contributed by atoms with E-state index in [-0.39, 0.29) is 23.8 Å². The molecule has 0 aliphatic carbocycles. The van der Waals surface area contributed by atoms with E-state index in [4.69, 9.17) is 4.74 Å². The minimum absolute atomic E-state index is 0.208. The van der Waals surface area contributed by atoms with E-state index in [1.165, 1.54) is 29.2 Å². The molecule has 8 nitrogen and oxygen atoms in total. The van der Waals surface area contributed by atoms with Gasteiger partial charge in [0.1, 0.15) is 23.3 Å². The van der Waals surface area contributed by atoms with Gasteiger partial charge >= 0.3 is 0 Å². The molecule has 0 bridgehead atoms. The molecule has 4 rings (SSSR count). The van der Waals surface area contributed by atoms with E-state index in [0.717, 1.165) is 0 Å². The van der Waals surface area contributed by atoms with Gasteiger partial charge in [0.2, 0.25) is 0 Å². The second-order valence-corrected chi connectivity index (χ2v) is 7.28. The van der Waals surface area contributed by atoms with Crippen LogP contribution in [0.15, 0.2) is 71.9 Å². The SMILES string of the molecule is CC(Oc1ccccc1)C(=O)NCCn1ncc2c(=O)n(Cc3cccc(F)c3)cnc21. The number of ether oxygens (including phenoxy) is 1. The molecule has 2 aromatic carbocycles. The Morgan fingerprint density at radius 3 is 2.78 bits per heavy atom. The van der Waals surface area contributed by atoms with Crippen molar-refractivity contribution in [2.45, 2.75) is 26.1 Å². The van der Waals surface area contributed by atoms with Crippen LogP contribution < -0.4 is 15.6 Å². The fourth-order valence-electron chi connectivity index (χ4n) is 3.29. The van der Waals surface area contributed by atoms with Crippen molar-refractivity contribution in [2.75, 3.05) is 6.54 Å². The highest BCUT2D eigenvalue weighted by Crippen LogP contribution is 2.11. The van der Waals surface area contributed by atoms with Crippen molar-refractivity contribution in [3.05, 3.63) is 88.9 Å². The van der Waals surface area contributed by atoms with Gasteiger partial charge in [-0.1, -0.05) is 30.3 Å². The summed E-state index contributed by atoms with van der Waals surface area (Å²) in [5, 5.41) is 7.38. The summed E-state index contributed by atoms with van der Waals surface area (Å²) in [5.74, 6) is 0.00519. The van der Waals surface area contributed by atoms with E-state index < -0.39 is 6.10 Å². The zero-order valence-electron chi connectivity index (χ0n) is 17.4. The summed E-state index contributed by atoms with van der Waals surface area (Å²) in [5.41, 5.74) is 0.822. The average molecular weight is 435 g/mol. The average Bonchev–Trinajstić information content (AvgIpc) is 3.20. The second kappa shape index (κ2) is 9.42. The maximum absolute atomic E-state index is 13.4. The van der Waals surface area contributed by atoms with Gasteiger partial charge in [0.05, 0.1) is 19.3 Å². The molecule has 164 valence electrons. The van der Waals surface area contributed by atoms with Gasteiger partial charge in [0, 0.05) is 6.54 Å². The van der Waals surface area contributed by atoms with Crippen LogP contribution in [0, 0.1) is 5.82 Å². The first-order valence-corrected chi connectivity index (χ1v) is 10.2. The van der Waals surface area contributed by atoms with Crippen LogP contribution in [0.4, 0.5) is 4.39 Å². The lowest BCUT2D eigenvalue weighted by molar-refractivity contribution is -0.127. The smallest absolute Gasteiger partial charge is 0.264 e. The Morgan fingerprint density at radius 1 is 1.19 bits per heavy atom. The van der Waals surface area contributed by atoms with Crippen LogP contribution in [-0.2, 0) is 17.9 Å². The van der Waals surface area contributed by atoms with Gasteiger partial charge in [-0.05, 0) is 36.8 Å². The summed E-state index contributed by atoms with van der Waals surface area (Å²) in [4.78, 5) is 29.4. The van der Waals surface area contributed by atoms with Crippen LogP contribution in [0.5, 0.6) is 5.75 Å². The summed E-state index contributed by atoms with van der Waals surface area (Å²) < 4.78 is 22.0. The van der Waals surface area contributed by atoms with Crippen molar-refractivity contribution in [3.63, 3.8) is 0 Å². The Hall–Kier alpha value is -4.01. The Balaban J connectivity index is 1.38. The molecule has 0 aliphatic rings. The number of hydrogen-bond acceptors (Lipinski definition) is 5. The molecule has 1 unspecified atom stereocenters. The first kappa shape index (κ1) is 21.2. The first-order valence-electron chi connectivity index (χ1n) is 10.2. The molecular formula is C23H22FN5O3. The fraction of sp³-hybridized carbons (Fsp3) is 0.217. The molecule has 1 amide bonds. The Morgan fingerprint density at radius 2 is 2.00 bits per heavy atom. The molecule has 0 saturated carbocycles. The van der Waals surface area contributed by atoms with E-state index in [1.54, 1.807) is 35.9 Å². The molecule has 0 spiro atoms. The summed E-state index contributed by atoms with van der Waals surface area (Å²) in [6.45, 7) is 2.52. The van der Waals surface area contributed by atoms with Crippen LogP contribution >= 0.6 is 0 Å². The largest absolute Gasteiger partial charge is 0.481 e. The van der Waals surface area contributed by atoms with Crippen molar-refractivity contribution < 1.29 is 13.9 Å². The summed E-state index contributed by atoms with van der Waals surface area (Å²) in [6.07, 6.45) is 2.22. The normalized spacial score (nSPS) is 11.9. The molecule has 0 fully saturated rings. The van der Waals surface area contributed by atoms with Gasteiger partial charge in [-0.15, -0.1) is 0 Å². The van der Waals surface area contributed by atoms with Crippen molar-refractivity contribution in [1.29, 1.82) is 0 Å². The number of carbonyl (C=O) groups is 1. The van der Waals surface area contributed by atoms with Gasteiger partial charge in [0.15, 0.2) is 11.8 Å². The van der Waals surface area contributed by atoms with E-state index in [0.29, 0.717) is 35.4 Å². The first-order chi connectivity index (χ1) is 15.5. The molecule has 32 heavy (non-hydrogen) atoms. The third-order valence-corrected chi connectivity index (χ3v) is 4.91. The lowest BCUT2D eigenvalue weighted by atomic mass is 10.2. The number of rotatable bonds is 8. The summed E-state index contributed by atoms with van der Waals surface area (Å²) >= 11 is 0. The van der Waals surface area contributed by atoms with Crippen molar-refractivity contribution in [3.8, 4) is 5.75 Å². The molecule has 1 N–H and O–H groups in total. The monoisotopic (exact) mass is 435 g/mol. The summed E-state index contributed by atoms with van der Waals surface area (Å²) in [7, 11) is 0. The van der Waals surface area contributed by atoms with Crippen LogP contribution in [-0.4, -0.2) is 37.9 Å². The van der Waals surface area contributed by atoms with Crippen molar-refractivity contribution >= 4 is 16.9 Å². The maximum atomic E-state index is 13.4. The molecule has 2 aromatic heterocycles. The predicted molar refractivity (Wildman–Crippen MR) is 117 cm³/mol. The number of benzene rings is 2. The minimum atomic E-state index is -0.653. The molecule has 0 saturated heterocycles. The molecule has 9 heteroatoms. The van der Waals surface area contributed by atoms with E-state index in [1.807, 2.05) is 18.2 Å². The lowest BCUT2D eigenvalue weighted by Crippen LogP contribution is -2.38. The number of nitrogens with one attached hydrogen (secondary N) is 1. The Kier molecular flexibility index (Phi) is 6.25. The molecule has 0 aliphatic heterocycles. The third-order valence-electron chi connectivity index (χ3n) is 4.91. The second-order valence-electron chi connectivity index (χ2n) is 7.28. The highest BCUT2D eigenvalue weighted by Gasteiger charge is 2.15. The van der Waals surface area contributed by atoms with E-state index >= 15 is 0 Å². The minimum Gasteiger partial charge on any atom is -0.481 e. The quantitative estimate of drug-likeness (QED) is 0.459. The van der Waals surface area contributed by atoms with Gasteiger partial charge < -0.3 is 10.1 Å². The number of halogens is 1. The maximum Gasteiger partial charge on any atom is 0.264 e. The Labute approximate surface area is 183 Å². The van der Waals surface area contributed by atoms with Crippen LogP contribution in [0.3, 0.4) is 0 Å². The number of carbonyl (C=O) groups excluding carboxylic acids is 1. The van der Waals surface area contributed by atoms with E-state index in [2.05, 4.69) is 15.4 Å². The summed E-state index contributed by atoms with van der Waals surface area (Å²) in [6, 6.07) is 15.2. The third kappa shape index (κ3) is 4.83. The number of amides is 1.